The van der Waals surface area contributed by atoms with E-state index in [4.69, 9.17) is 0 Å². The van der Waals surface area contributed by atoms with Crippen LogP contribution in [0.5, 0.6) is 0 Å². The van der Waals surface area contributed by atoms with Crippen LogP contribution in [0.1, 0.15) is 18.1 Å². The maximum Gasteiger partial charge on any atom is 0.247 e. The minimum absolute atomic E-state index is 0.382. The third-order valence-corrected chi connectivity index (χ3v) is 5.75. The van der Waals surface area contributed by atoms with E-state index in [1.807, 2.05) is 38.1 Å². The Labute approximate surface area is 162 Å². The first-order chi connectivity index (χ1) is 11.6. The van der Waals surface area contributed by atoms with Crippen LogP contribution in [-0.2, 0) is 14.8 Å². The fourth-order valence-corrected chi connectivity index (χ4v) is 4.10. The Morgan fingerprint density at radius 3 is 2.28 bits per heavy atom. The van der Waals surface area contributed by atoms with E-state index in [-0.39, 0.29) is 5.91 Å². The second-order valence-electron chi connectivity index (χ2n) is 6.02. The molecule has 0 aromatic heterocycles. The number of anilines is 2. The maximum absolute atomic E-state index is 12.6. The largest absolute Gasteiger partial charge is 0.324 e. The van der Waals surface area contributed by atoms with Crippen molar-refractivity contribution in [3.8, 4) is 0 Å². The van der Waals surface area contributed by atoms with E-state index in [1.165, 1.54) is 4.31 Å². The number of nitrogens with zero attached hydrogens (tertiary/aromatic N) is 1. The fraction of sp³-hybridized carbons (Fsp3) is 0.278. The van der Waals surface area contributed by atoms with Crippen LogP contribution in [0, 0.1) is 17.4 Å². The number of hydrogen-bond donors (Lipinski definition) is 1. The molecule has 0 aliphatic rings. The molecule has 0 saturated carbocycles. The average molecular weight is 472 g/mol. The Bertz CT molecular complexity index is 880. The zero-order valence-electron chi connectivity index (χ0n) is 14.6. The van der Waals surface area contributed by atoms with E-state index < -0.39 is 16.1 Å². The normalized spacial score (nSPS) is 12.5. The molecule has 7 heteroatoms. The number of nitrogens with one attached hydrogen (secondary N) is 1. The van der Waals surface area contributed by atoms with Gasteiger partial charge in [-0.15, -0.1) is 0 Å². The van der Waals surface area contributed by atoms with Crippen LogP contribution in [-0.4, -0.2) is 26.6 Å². The summed E-state index contributed by atoms with van der Waals surface area (Å²) in [4.78, 5) is 12.6. The molecule has 0 saturated heterocycles. The number of aryl methyl sites for hydroxylation is 2. The van der Waals surface area contributed by atoms with Crippen LogP contribution in [0.4, 0.5) is 11.4 Å². The molecule has 2 rings (SSSR count). The number of rotatable bonds is 5. The number of benzene rings is 2. The number of carbonyl (C=O) groups excluding carboxylic acids is 1. The van der Waals surface area contributed by atoms with Gasteiger partial charge in [-0.1, -0.05) is 12.1 Å². The van der Waals surface area contributed by atoms with Gasteiger partial charge in [0.1, 0.15) is 6.04 Å². The molecule has 0 aliphatic heterocycles. The highest BCUT2D eigenvalue weighted by Gasteiger charge is 2.30. The van der Waals surface area contributed by atoms with Gasteiger partial charge in [0.25, 0.3) is 0 Å². The molecule has 0 bridgehead atoms. The van der Waals surface area contributed by atoms with Crippen LogP contribution in [0.2, 0.25) is 0 Å². The standard InChI is InChI=1S/C18H21IN2O3S/c1-12-5-6-13(2)17(11-12)21(25(4,23)24)14(3)18(22)20-16-9-7-15(19)8-10-16/h5-11,14H,1-4H3,(H,20,22)/t14-/m1/s1. The van der Waals surface area contributed by atoms with Crippen molar-refractivity contribution in [2.24, 2.45) is 0 Å². The summed E-state index contributed by atoms with van der Waals surface area (Å²) in [7, 11) is -3.63. The SMILES string of the molecule is Cc1ccc(C)c(N([C@H](C)C(=O)Nc2ccc(I)cc2)S(C)(=O)=O)c1. The lowest BCUT2D eigenvalue weighted by molar-refractivity contribution is -0.116. The molecule has 1 amide bonds. The Balaban J connectivity index is 2.36. The molecule has 0 aliphatic carbocycles. The summed E-state index contributed by atoms with van der Waals surface area (Å²) in [5.41, 5.74) is 2.88. The molecule has 1 atom stereocenters. The van der Waals surface area contributed by atoms with E-state index >= 15 is 0 Å². The second kappa shape index (κ2) is 7.74. The van der Waals surface area contributed by atoms with E-state index in [2.05, 4.69) is 27.9 Å². The highest BCUT2D eigenvalue weighted by atomic mass is 127. The lowest BCUT2D eigenvalue weighted by Crippen LogP contribution is -2.45. The van der Waals surface area contributed by atoms with Crippen molar-refractivity contribution in [1.29, 1.82) is 0 Å². The third-order valence-electron chi connectivity index (χ3n) is 3.80. The van der Waals surface area contributed by atoms with E-state index in [9.17, 15) is 13.2 Å². The minimum atomic E-state index is -3.63. The summed E-state index contributed by atoms with van der Waals surface area (Å²) in [6.45, 7) is 5.31. The predicted molar refractivity (Wildman–Crippen MR) is 110 cm³/mol. The Hall–Kier alpha value is -1.61. The van der Waals surface area contributed by atoms with Crippen LogP contribution >= 0.6 is 22.6 Å². The van der Waals surface area contributed by atoms with E-state index in [1.54, 1.807) is 25.1 Å². The van der Waals surface area contributed by atoms with Gasteiger partial charge in [0.15, 0.2) is 0 Å². The van der Waals surface area contributed by atoms with Crippen LogP contribution in [0.3, 0.4) is 0 Å². The summed E-state index contributed by atoms with van der Waals surface area (Å²) in [5.74, 6) is -0.382. The van der Waals surface area contributed by atoms with Crippen molar-refractivity contribution in [2.75, 3.05) is 15.9 Å². The molecule has 134 valence electrons. The van der Waals surface area contributed by atoms with Gasteiger partial charge in [-0.2, -0.15) is 0 Å². The van der Waals surface area contributed by atoms with Gasteiger partial charge in [0, 0.05) is 9.26 Å². The van der Waals surface area contributed by atoms with Gasteiger partial charge in [0.2, 0.25) is 15.9 Å². The molecule has 0 heterocycles. The van der Waals surface area contributed by atoms with Gasteiger partial charge < -0.3 is 5.32 Å². The highest BCUT2D eigenvalue weighted by molar-refractivity contribution is 14.1. The molecule has 2 aromatic rings. The quantitative estimate of drug-likeness (QED) is 0.676. The van der Waals surface area contributed by atoms with Crippen molar-refractivity contribution >= 4 is 49.9 Å². The predicted octanol–water partition coefficient (Wildman–Crippen LogP) is 3.70. The van der Waals surface area contributed by atoms with E-state index in [0.717, 1.165) is 21.0 Å². The molecule has 1 N–H and O–H groups in total. The van der Waals surface area contributed by atoms with Gasteiger partial charge in [-0.25, -0.2) is 8.42 Å². The summed E-state index contributed by atoms with van der Waals surface area (Å²) >= 11 is 2.18. The molecule has 0 fully saturated rings. The molecular weight excluding hydrogens is 451 g/mol. The number of amides is 1. The third kappa shape index (κ3) is 4.94. The van der Waals surface area contributed by atoms with Crippen molar-refractivity contribution in [2.45, 2.75) is 26.8 Å². The average Bonchev–Trinajstić information content (AvgIpc) is 2.51. The number of hydrogen-bond acceptors (Lipinski definition) is 3. The van der Waals surface area contributed by atoms with Gasteiger partial charge in [0.05, 0.1) is 11.9 Å². The smallest absolute Gasteiger partial charge is 0.247 e. The topological polar surface area (TPSA) is 66.5 Å². The first kappa shape index (κ1) is 19.7. The zero-order chi connectivity index (χ0) is 18.8. The number of halogens is 1. The number of sulfonamides is 1. The fourth-order valence-electron chi connectivity index (χ4n) is 2.52. The minimum Gasteiger partial charge on any atom is -0.324 e. The van der Waals surface area contributed by atoms with Crippen molar-refractivity contribution in [1.82, 2.24) is 0 Å². The lowest BCUT2D eigenvalue weighted by Gasteiger charge is -2.29. The maximum atomic E-state index is 12.6. The summed E-state index contributed by atoms with van der Waals surface area (Å²) in [5, 5.41) is 2.78. The zero-order valence-corrected chi connectivity index (χ0v) is 17.6. The molecule has 5 nitrogen and oxygen atoms in total. The molecular formula is C18H21IN2O3S. The molecule has 2 aromatic carbocycles. The molecule has 0 unspecified atom stereocenters. The highest BCUT2D eigenvalue weighted by Crippen LogP contribution is 2.26. The van der Waals surface area contributed by atoms with Gasteiger partial charge >= 0.3 is 0 Å². The van der Waals surface area contributed by atoms with Crippen LogP contribution in [0.25, 0.3) is 0 Å². The Morgan fingerprint density at radius 2 is 1.72 bits per heavy atom. The second-order valence-corrected chi connectivity index (χ2v) is 9.13. The number of carbonyl (C=O) groups is 1. The van der Waals surface area contributed by atoms with Crippen LogP contribution in [0.15, 0.2) is 42.5 Å². The first-order valence-electron chi connectivity index (χ1n) is 7.72. The van der Waals surface area contributed by atoms with Gasteiger partial charge in [-0.05, 0) is 84.8 Å². The molecule has 25 heavy (non-hydrogen) atoms. The van der Waals surface area contributed by atoms with Gasteiger partial charge in [-0.3, -0.25) is 9.10 Å². The lowest BCUT2D eigenvalue weighted by atomic mass is 10.1. The van der Waals surface area contributed by atoms with Crippen LogP contribution < -0.4 is 9.62 Å². The summed E-state index contributed by atoms with van der Waals surface area (Å²) in [6.07, 6.45) is 1.11. The van der Waals surface area contributed by atoms with Crippen molar-refractivity contribution in [3.05, 3.63) is 57.2 Å². The van der Waals surface area contributed by atoms with Crippen molar-refractivity contribution < 1.29 is 13.2 Å². The molecule has 0 radical (unpaired) electrons. The Morgan fingerprint density at radius 1 is 1.12 bits per heavy atom. The van der Waals surface area contributed by atoms with E-state index in [0.29, 0.717) is 11.4 Å². The molecule has 0 spiro atoms. The summed E-state index contributed by atoms with van der Waals surface area (Å²) < 4.78 is 27.0. The Kier molecular flexibility index (Phi) is 6.10. The van der Waals surface area contributed by atoms with Crippen molar-refractivity contribution in [3.63, 3.8) is 0 Å². The first-order valence-corrected chi connectivity index (χ1v) is 10.7. The monoisotopic (exact) mass is 472 g/mol. The summed E-state index contributed by atoms with van der Waals surface area (Å²) in [6, 6.07) is 12.0.